The van der Waals surface area contributed by atoms with Crippen LogP contribution < -0.4 is 5.32 Å². The van der Waals surface area contributed by atoms with Crippen LogP contribution in [0.3, 0.4) is 0 Å². The number of nitrogens with zero attached hydrogens (tertiary/aromatic N) is 4. The summed E-state index contributed by atoms with van der Waals surface area (Å²) in [6, 6.07) is 5.37. The van der Waals surface area contributed by atoms with Crippen LogP contribution in [0.25, 0.3) is 0 Å². The molecule has 2 aliphatic rings. The first kappa shape index (κ1) is 15.7. The van der Waals surface area contributed by atoms with E-state index < -0.39 is 0 Å². The number of fused-ring (bicyclic) bond motifs is 1. The van der Waals surface area contributed by atoms with E-state index in [1.165, 1.54) is 0 Å². The van der Waals surface area contributed by atoms with Crippen molar-refractivity contribution in [3.8, 4) is 0 Å². The number of likely N-dealkylation sites (tertiary alicyclic amines) is 1. The van der Waals surface area contributed by atoms with Crippen molar-refractivity contribution in [2.45, 2.75) is 45.3 Å². The fourth-order valence-corrected chi connectivity index (χ4v) is 3.83. The maximum Gasteiger partial charge on any atom is 0.147 e. The standard InChI is InChI=1S/C18H24FN5/c1-13-2-3-16(19)15(10-13)12-23-7-4-14(5-8-23)18-22-21-17-11-20-6-9-24(17)18/h2-3,10,14,20H,4-9,11-12H2,1H3. The molecule has 24 heavy (non-hydrogen) atoms. The monoisotopic (exact) mass is 329 g/mol. The van der Waals surface area contributed by atoms with Crippen molar-refractivity contribution in [2.75, 3.05) is 19.6 Å². The van der Waals surface area contributed by atoms with E-state index in [2.05, 4.69) is 25.0 Å². The van der Waals surface area contributed by atoms with Gasteiger partial charge in [-0.2, -0.15) is 0 Å². The molecule has 1 aromatic carbocycles. The van der Waals surface area contributed by atoms with E-state index in [0.29, 0.717) is 12.5 Å². The van der Waals surface area contributed by atoms with Crippen LogP contribution in [0.4, 0.5) is 4.39 Å². The lowest BCUT2D eigenvalue weighted by atomic mass is 9.95. The van der Waals surface area contributed by atoms with Gasteiger partial charge in [0.2, 0.25) is 0 Å². The summed E-state index contributed by atoms with van der Waals surface area (Å²) in [5, 5.41) is 12.1. The smallest absolute Gasteiger partial charge is 0.147 e. The quantitative estimate of drug-likeness (QED) is 0.938. The van der Waals surface area contributed by atoms with Gasteiger partial charge in [0, 0.05) is 31.1 Å². The largest absolute Gasteiger partial charge is 0.312 e. The third-order valence-corrected chi connectivity index (χ3v) is 5.20. The maximum absolute atomic E-state index is 14.0. The minimum absolute atomic E-state index is 0.0956. The van der Waals surface area contributed by atoms with E-state index >= 15 is 0 Å². The first-order valence-corrected chi connectivity index (χ1v) is 8.81. The molecule has 1 fully saturated rings. The Labute approximate surface area is 141 Å². The minimum atomic E-state index is -0.0956. The predicted molar refractivity (Wildman–Crippen MR) is 90.1 cm³/mol. The van der Waals surface area contributed by atoms with E-state index in [1.54, 1.807) is 6.07 Å². The molecular weight excluding hydrogens is 305 g/mol. The molecule has 0 unspecified atom stereocenters. The summed E-state index contributed by atoms with van der Waals surface area (Å²) in [7, 11) is 0. The molecule has 0 radical (unpaired) electrons. The fraction of sp³-hybridized carbons (Fsp3) is 0.556. The Hall–Kier alpha value is -1.79. The van der Waals surface area contributed by atoms with Gasteiger partial charge >= 0.3 is 0 Å². The molecule has 0 spiro atoms. The van der Waals surface area contributed by atoms with Gasteiger partial charge in [0.15, 0.2) is 0 Å². The van der Waals surface area contributed by atoms with Crippen LogP contribution in [-0.4, -0.2) is 39.3 Å². The molecule has 1 saturated heterocycles. The number of hydrogen-bond donors (Lipinski definition) is 1. The molecule has 3 heterocycles. The number of rotatable bonds is 3. The summed E-state index contributed by atoms with van der Waals surface area (Å²) in [5.74, 6) is 2.58. The molecule has 1 aromatic heterocycles. The first-order chi connectivity index (χ1) is 11.7. The number of hydrogen-bond acceptors (Lipinski definition) is 4. The van der Waals surface area contributed by atoms with E-state index in [-0.39, 0.29) is 5.82 Å². The van der Waals surface area contributed by atoms with Crippen molar-refractivity contribution in [3.05, 3.63) is 46.8 Å². The van der Waals surface area contributed by atoms with Gasteiger partial charge in [0.25, 0.3) is 0 Å². The summed E-state index contributed by atoms with van der Waals surface area (Å²) in [6.45, 7) is 7.45. The Bertz CT molecular complexity index is 718. The number of halogens is 1. The molecule has 0 aliphatic carbocycles. The molecule has 1 N–H and O–H groups in total. The van der Waals surface area contributed by atoms with Gasteiger partial charge in [-0.1, -0.05) is 17.7 Å². The average Bonchev–Trinajstić information content (AvgIpc) is 3.03. The number of nitrogens with one attached hydrogen (secondary N) is 1. The summed E-state index contributed by atoms with van der Waals surface area (Å²) < 4.78 is 16.2. The average molecular weight is 329 g/mol. The molecule has 0 bridgehead atoms. The molecule has 6 heteroatoms. The number of aromatic nitrogens is 3. The van der Waals surface area contributed by atoms with Crippen molar-refractivity contribution in [1.29, 1.82) is 0 Å². The highest BCUT2D eigenvalue weighted by atomic mass is 19.1. The molecule has 4 rings (SSSR count). The van der Waals surface area contributed by atoms with Crippen molar-refractivity contribution in [1.82, 2.24) is 25.0 Å². The Morgan fingerprint density at radius 3 is 2.88 bits per heavy atom. The molecular formula is C18H24FN5. The SMILES string of the molecule is Cc1ccc(F)c(CN2CCC(c3nnc4n3CCNC4)CC2)c1. The lowest BCUT2D eigenvalue weighted by molar-refractivity contribution is 0.197. The number of aryl methyl sites for hydroxylation is 1. The van der Waals surface area contributed by atoms with Crippen LogP contribution in [0, 0.1) is 12.7 Å². The highest BCUT2D eigenvalue weighted by molar-refractivity contribution is 5.24. The number of piperidine rings is 1. The van der Waals surface area contributed by atoms with Crippen LogP contribution in [0.5, 0.6) is 0 Å². The minimum Gasteiger partial charge on any atom is -0.312 e. The van der Waals surface area contributed by atoms with Gasteiger partial charge in [0.1, 0.15) is 17.5 Å². The molecule has 5 nitrogen and oxygen atoms in total. The Morgan fingerprint density at radius 2 is 2.04 bits per heavy atom. The van der Waals surface area contributed by atoms with Gasteiger partial charge in [-0.25, -0.2) is 4.39 Å². The van der Waals surface area contributed by atoms with Gasteiger partial charge < -0.3 is 9.88 Å². The second-order valence-electron chi connectivity index (χ2n) is 6.95. The Morgan fingerprint density at radius 1 is 1.21 bits per heavy atom. The molecule has 2 aliphatic heterocycles. The van der Waals surface area contributed by atoms with Gasteiger partial charge in [0.05, 0.1) is 6.54 Å². The van der Waals surface area contributed by atoms with Crippen LogP contribution in [0.15, 0.2) is 18.2 Å². The lowest BCUT2D eigenvalue weighted by Crippen LogP contribution is -2.35. The molecule has 2 aromatic rings. The predicted octanol–water partition coefficient (Wildman–Crippen LogP) is 2.21. The van der Waals surface area contributed by atoms with Crippen LogP contribution in [0.1, 0.15) is 41.5 Å². The zero-order valence-corrected chi connectivity index (χ0v) is 14.1. The van der Waals surface area contributed by atoms with Crippen molar-refractivity contribution in [2.24, 2.45) is 0 Å². The third kappa shape index (κ3) is 3.08. The van der Waals surface area contributed by atoms with Crippen LogP contribution >= 0.6 is 0 Å². The van der Waals surface area contributed by atoms with Gasteiger partial charge in [-0.15, -0.1) is 10.2 Å². The zero-order valence-electron chi connectivity index (χ0n) is 14.1. The molecule has 128 valence electrons. The van der Waals surface area contributed by atoms with E-state index in [0.717, 1.165) is 68.3 Å². The van der Waals surface area contributed by atoms with Crippen molar-refractivity contribution < 1.29 is 4.39 Å². The number of benzene rings is 1. The third-order valence-electron chi connectivity index (χ3n) is 5.20. The Balaban J connectivity index is 1.40. The van der Waals surface area contributed by atoms with Crippen molar-refractivity contribution in [3.63, 3.8) is 0 Å². The Kier molecular flexibility index (Phi) is 4.33. The summed E-state index contributed by atoms with van der Waals surface area (Å²) >= 11 is 0. The van der Waals surface area contributed by atoms with Crippen molar-refractivity contribution >= 4 is 0 Å². The fourth-order valence-electron chi connectivity index (χ4n) is 3.83. The van der Waals surface area contributed by atoms with Gasteiger partial charge in [-0.05, 0) is 38.9 Å². The molecule has 0 atom stereocenters. The second kappa shape index (κ2) is 6.61. The maximum atomic E-state index is 14.0. The molecule has 0 saturated carbocycles. The van der Waals surface area contributed by atoms with Gasteiger partial charge in [-0.3, -0.25) is 4.90 Å². The molecule has 0 amide bonds. The highest BCUT2D eigenvalue weighted by Gasteiger charge is 2.27. The van der Waals surface area contributed by atoms with Crippen LogP contribution in [-0.2, 0) is 19.6 Å². The summed E-state index contributed by atoms with van der Waals surface area (Å²) in [6.07, 6.45) is 2.14. The normalized spacial score (nSPS) is 19.4. The first-order valence-electron chi connectivity index (χ1n) is 8.81. The summed E-state index contributed by atoms with van der Waals surface area (Å²) in [4.78, 5) is 2.35. The van der Waals surface area contributed by atoms with E-state index in [4.69, 9.17) is 0 Å². The second-order valence-corrected chi connectivity index (χ2v) is 6.95. The van der Waals surface area contributed by atoms with E-state index in [1.807, 2.05) is 19.1 Å². The summed E-state index contributed by atoms with van der Waals surface area (Å²) in [5.41, 5.74) is 1.92. The highest BCUT2D eigenvalue weighted by Crippen LogP contribution is 2.28. The lowest BCUT2D eigenvalue weighted by Gasteiger charge is -2.32. The topological polar surface area (TPSA) is 46.0 Å². The van der Waals surface area contributed by atoms with Crippen LogP contribution in [0.2, 0.25) is 0 Å². The zero-order chi connectivity index (χ0) is 16.5. The van der Waals surface area contributed by atoms with E-state index in [9.17, 15) is 4.39 Å².